The molecule has 2 N–H and O–H groups in total. The smallest absolute Gasteiger partial charge is 0.112 e. The fourth-order valence-electron chi connectivity index (χ4n) is 1.19. The molecule has 11 heavy (non-hydrogen) atoms. The van der Waals surface area contributed by atoms with Crippen LogP contribution in [0.5, 0.6) is 0 Å². The summed E-state index contributed by atoms with van der Waals surface area (Å²) in [6.45, 7) is -0.241. The van der Waals surface area contributed by atoms with Crippen LogP contribution < -0.4 is 0 Å². The highest BCUT2D eigenvalue weighted by molar-refractivity contribution is 6.11. The van der Waals surface area contributed by atoms with Gasteiger partial charge in [0.15, 0.2) is 0 Å². The van der Waals surface area contributed by atoms with E-state index in [1.807, 2.05) is 0 Å². The highest BCUT2D eigenvalue weighted by Crippen LogP contribution is 2.20. The fraction of sp³-hybridized carbons (Fsp3) is 1.00. The van der Waals surface area contributed by atoms with Crippen molar-refractivity contribution in [1.29, 1.82) is 0 Å². The van der Waals surface area contributed by atoms with Gasteiger partial charge in [-0.2, -0.15) is 0 Å². The van der Waals surface area contributed by atoms with E-state index in [0.717, 1.165) is 0 Å². The molecule has 1 fully saturated rings. The van der Waals surface area contributed by atoms with Crippen LogP contribution in [0.3, 0.4) is 0 Å². The molecule has 62 valence electrons. The molecule has 1 aliphatic rings. The first-order valence-electron chi connectivity index (χ1n) is 3.43. The lowest BCUT2D eigenvalue weighted by Crippen LogP contribution is -2.35. The van der Waals surface area contributed by atoms with Gasteiger partial charge in [-0.1, -0.05) is 0 Å². The Morgan fingerprint density at radius 2 is 2.27 bits per heavy atom. The molecule has 1 saturated heterocycles. The van der Waals surface area contributed by atoms with E-state index in [4.69, 9.17) is 22.4 Å². The van der Waals surface area contributed by atoms with Gasteiger partial charge in [0.25, 0.3) is 0 Å². The number of methoxy groups -OCH3 is 1. The highest BCUT2D eigenvalue weighted by atomic mass is 16.6. The summed E-state index contributed by atoms with van der Waals surface area (Å²) in [6, 6.07) is -0.646. The van der Waals surface area contributed by atoms with Crippen molar-refractivity contribution in [3.8, 4) is 0 Å². The van der Waals surface area contributed by atoms with Crippen LogP contribution >= 0.6 is 0 Å². The monoisotopic (exact) mass is 158 g/mol. The van der Waals surface area contributed by atoms with Crippen molar-refractivity contribution in [2.75, 3.05) is 13.7 Å². The second-order valence-electron chi connectivity index (χ2n) is 2.51. The van der Waals surface area contributed by atoms with E-state index in [1.54, 1.807) is 0 Å². The summed E-state index contributed by atoms with van der Waals surface area (Å²) in [5, 5.41) is 18.0. The van der Waals surface area contributed by atoms with Crippen molar-refractivity contribution >= 4 is 7.85 Å². The van der Waals surface area contributed by atoms with Crippen molar-refractivity contribution in [3.05, 3.63) is 0 Å². The van der Waals surface area contributed by atoms with Gasteiger partial charge in [-0.15, -0.1) is 0 Å². The first-order valence-corrected chi connectivity index (χ1v) is 3.43. The van der Waals surface area contributed by atoms with Crippen molar-refractivity contribution in [1.82, 2.24) is 0 Å². The average molecular weight is 158 g/mol. The van der Waals surface area contributed by atoms with Crippen molar-refractivity contribution in [2.45, 2.75) is 24.3 Å². The van der Waals surface area contributed by atoms with E-state index < -0.39 is 24.3 Å². The van der Waals surface area contributed by atoms with E-state index in [0.29, 0.717) is 0 Å². The average Bonchev–Trinajstić information content (AvgIpc) is 2.26. The lowest BCUT2D eigenvalue weighted by Gasteiger charge is -2.15. The molecule has 0 aliphatic carbocycles. The fourth-order valence-corrected chi connectivity index (χ4v) is 1.19. The Kier molecular flexibility index (Phi) is 2.89. The maximum absolute atomic E-state index is 9.33. The largest absolute Gasteiger partial charge is 0.394 e. The number of aliphatic hydroxyl groups excluding tert-OH is 2. The summed E-state index contributed by atoms with van der Waals surface area (Å²) >= 11 is 0. The number of ether oxygens (including phenoxy) is 2. The second-order valence-corrected chi connectivity index (χ2v) is 2.51. The zero-order valence-corrected chi connectivity index (χ0v) is 6.30. The topological polar surface area (TPSA) is 58.9 Å². The Morgan fingerprint density at radius 1 is 1.64 bits per heavy atom. The van der Waals surface area contributed by atoms with Gasteiger partial charge in [0.05, 0.1) is 6.61 Å². The predicted octanol–water partition coefficient (Wildman–Crippen LogP) is -1.75. The third kappa shape index (κ3) is 1.56. The van der Waals surface area contributed by atoms with Crippen LogP contribution in [-0.2, 0) is 9.47 Å². The van der Waals surface area contributed by atoms with Gasteiger partial charge in [0.2, 0.25) is 0 Å². The summed E-state index contributed by atoms with van der Waals surface area (Å²) < 4.78 is 9.84. The molecule has 0 amide bonds. The van der Waals surface area contributed by atoms with E-state index in [-0.39, 0.29) is 6.61 Å². The van der Waals surface area contributed by atoms with Gasteiger partial charge in [0.1, 0.15) is 26.2 Å². The molecule has 1 rings (SSSR count). The number of hydrogen-bond donors (Lipinski definition) is 2. The summed E-state index contributed by atoms with van der Waals surface area (Å²) in [6.07, 6.45) is -1.98. The maximum atomic E-state index is 9.33. The van der Waals surface area contributed by atoms with Crippen LogP contribution in [-0.4, -0.2) is 56.1 Å². The lowest BCUT2D eigenvalue weighted by molar-refractivity contribution is -0.0145. The minimum Gasteiger partial charge on any atom is -0.394 e. The minimum atomic E-state index is -0.833. The van der Waals surface area contributed by atoms with Crippen LogP contribution in [0.15, 0.2) is 0 Å². The van der Waals surface area contributed by atoms with Gasteiger partial charge < -0.3 is 19.7 Å². The zero-order valence-electron chi connectivity index (χ0n) is 6.30. The first kappa shape index (κ1) is 9.00. The third-order valence-electron chi connectivity index (χ3n) is 1.83. The Labute approximate surface area is 66.5 Å². The van der Waals surface area contributed by atoms with Crippen molar-refractivity contribution < 1.29 is 19.7 Å². The molecule has 0 aromatic rings. The lowest BCUT2D eigenvalue weighted by atomic mass is 9.93. The Bertz CT molecular complexity index is 132. The van der Waals surface area contributed by atoms with Crippen molar-refractivity contribution in [2.24, 2.45) is 0 Å². The molecule has 0 unspecified atom stereocenters. The molecular formula is C6H11BO4. The standard InChI is InChI=1S/C6H11BO4/c1-10-5-4(9)3(2-8)11-6(5)7/h3-6,8-9H,2H2,1H3/t3-,4-,5-,6-/m1/s1. The predicted molar refractivity (Wildman–Crippen MR) is 38.3 cm³/mol. The van der Waals surface area contributed by atoms with Gasteiger partial charge in [-0.05, 0) is 0 Å². The molecule has 0 aromatic carbocycles. The third-order valence-corrected chi connectivity index (χ3v) is 1.83. The number of hydrogen-bond acceptors (Lipinski definition) is 4. The molecule has 0 spiro atoms. The van der Waals surface area contributed by atoms with Gasteiger partial charge in [-0.25, -0.2) is 0 Å². The van der Waals surface area contributed by atoms with Gasteiger partial charge in [-0.3, -0.25) is 0 Å². The Morgan fingerprint density at radius 3 is 2.55 bits per heavy atom. The van der Waals surface area contributed by atoms with Crippen molar-refractivity contribution in [3.63, 3.8) is 0 Å². The van der Waals surface area contributed by atoms with Gasteiger partial charge in [0, 0.05) is 13.1 Å². The first-order chi connectivity index (χ1) is 5.20. The van der Waals surface area contributed by atoms with E-state index in [9.17, 15) is 5.11 Å². The number of rotatable bonds is 2. The van der Waals surface area contributed by atoms with Crippen LogP contribution in [0.4, 0.5) is 0 Å². The van der Waals surface area contributed by atoms with Crippen LogP contribution in [0.2, 0.25) is 0 Å². The Hall–Kier alpha value is -0.0951. The molecule has 1 heterocycles. The normalized spacial score (nSPS) is 44.6. The molecule has 4 nitrogen and oxygen atoms in total. The van der Waals surface area contributed by atoms with Gasteiger partial charge >= 0.3 is 0 Å². The summed E-state index contributed by atoms with van der Waals surface area (Å²) in [7, 11) is 6.87. The summed E-state index contributed by atoms with van der Waals surface area (Å²) in [5.41, 5.74) is 0. The van der Waals surface area contributed by atoms with E-state index in [2.05, 4.69) is 0 Å². The molecule has 4 atom stereocenters. The maximum Gasteiger partial charge on any atom is 0.112 e. The summed E-state index contributed by atoms with van der Waals surface area (Å²) in [5.74, 6) is 0. The molecule has 0 bridgehead atoms. The number of aliphatic hydroxyl groups is 2. The minimum absolute atomic E-state index is 0.241. The quantitative estimate of drug-likeness (QED) is 0.467. The Balaban J connectivity index is 2.55. The SMILES string of the molecule is [B][C@@H]1O[C@H](CO)[C@@H](O)[C@H]1OC. The molecule has 0 aromatic heterocycles. The van der Waals surface area contributed by atoms with Crippen LogP contribution in [0, 0.1) is 0 Å². The zero-order chi connectivity index (χ0) is 8.43. The molecule has 2 radical (unpaired) electrons. The molecular weight excluding hydrogens is 147 g/mol. The van der Waals surface area contributed by atoms with Crippen LogP contribution in [0.1, 0.15) is 0 Å². The molecule has 1 aliphatic heterocycles. The second kappa shape index (κ2) is 3.54. The van der Waals surface area contributed by atoms with E-state index in [1.165, 1.54) is 7.11 Å². The summed E-state index contributed by atoms with van der Waals surface area (Å²) in [4.78, 5) is 0. The van der Waals surface area contributed by atoms with Crippen LogP contribution in [0.25, 0.3) is 0 Å². The molecule has 0 saturated carbocycles. The molecule has 5 heteroatoms. The van der Waals surface area contributed by atoms with E-state index >= 15 is 0 Å². The highest BCUT2D eigenvalue weighted by Gasteiger charge is 2.40.